The molecule has 112 valence electrons. The molecule has 2 rings (SSSR count). The van der Waals surface area contributed by atoms with Crippen LogP contribution in [0.2, 0.25) is 0 Å². The number of methoxy groups -OCH3 is 2. The lowest BCUT2D eigenvalue weighted by atomic mass is 9.94. The maximum Gasteiger partial charge on any atom is 0.231 e. The summed E-state index contributed by atoms with van der Waals surface area (Å²) >= 11 is 0. The van der Waals surface area contributed by atoms with Gasteiger partial charge in [0.1, 0.15) is 0 Å². The van der Waals surface area contributed by atoms with Crippen LogP contribution in [-0.4, -0.2) is 50.9 Å². The molecule has 0 bridgehead atoms. The zero-order chi connectivity index (χ0) is 14.4. The van der Waals surface area contributed by atoms with Gasteiger partial charge in [-0.05, 0) is 38.8 Å². The first-order valence-corrected chi connectivity index (χ1v) is 7.13. The summed E-state index contributed by atoms with van der Waals surface area (Å²) < 4.78 is 10.4. The normalized spacial score (nSPS) is 16.2. The molecule has 1 aliphatic heterocycles. The molecular weight excluding hydrogens is 256 g/mol. The Labute approximate surface area is 120 Å². The second kappa shape index (κ2) is 7.28. The van der Waals surface area contributed by atoms with Crippen LogP contribution in [0.3, 0.4) is 0 Å². The van der Waals surface area contributed by atoms with Crippen molar-refractivity contribution in [1.29, 1.82) is 0 Å². The molecule has 0 saturated carbocycles. The van der Waals surface area contributed by atoms with Gasteiger partial charge in [-0.15, -0.1) is 0 Å². The Morgan fingerprint density at radius 2 is 1.80 bits per heavy atom. The van der Waals surface area contributed by atoms with Gasteiger partial charge in [0, 0.05) is 13.1 Å². The first-order valence-electron chi connectivity index (χ1n) is 7.13. The van der Waals surface area contributed by atoms with Crippen molar-refractivity contribution in [3.8, 4) is 11.8 Å². The van der Waals surface area contributed by atoms with Crippen LogP contribution in [0.1, 0.15) is 19.3 Å². The molecule has 0 atom stereocenters. The molecule has 0 spiro atoms. The van der Waals surface area contributed by atoms with Crippen LogP contribution in [0.4, 0.5) is 5.95 Å². The van der Waals surface area contributed by atoms with Crippen LogP contribution in [0.15, 0.2) is 6.07 Å². The molecule has 0 amide bonds. The van der Waals surface area contributed by atoms with E-state index in [-0.39, 0.29) is 0 Å². The summed E-state index contributed by atoms with van der Waals surface area (Å²) in [4.78, 5) is 11.0. The summed E-state index contributed by atoms with van der Waals surface area (Å²) in [7, 11) is 5.22. The molecule has 0 radical (unpaired) electrons. The van der Waals surface area contributed by atoms with Crippen LogP contribution < -0.4 is 19.7 Å². The van der Waals surface area contributed by atoms with E-state index in [0.29, 0.717) is 17.7 Å². The maximum atomic E-state index is 5.20. The quantitative estimate of drug-likeness (QED) is 0.848. The molecule has 1 aromatic rings. The molecule has 0 aromatic carbocycles. The van der Waals surface area contributed by atoms with Crippen molar-refractivity contribution in [2.75, 3.05) is 45.8 Å². The van der Waals surface area contributed by atoms with Crippen molar-refractivity contribution in [2.24, 2.45) is 5.92 Å². The van der Waals surface area contributed by atoms with Crippen LogP contribution in [-0.2, 0) is 0 Å². The molecule has 1 aliphatic rings. The second-order valence-electron chi connectivity index (χ2n) is 5.08. The molecule has 20 heavy (non-hydrogen) atoms. The lowest BCUT2D eigenvalue weighted by Gasteiger charge is -2.32. The minimum absolute atomic E-state index is 0.546. The first-order chi connectivity index (χ1) is 9.76. The van der Waals surface area contributed by atoms with Crippen molar-refractivity contribution in [2.45, 2.75) is 19.3 Å². The van der Waals surface area contributed by atoms with E-state index >= 15 is 0 Å². The maximum absolute atomic E-state index is 5.20. The number of nitrogens with one attached hydrogen (secondary N) is 1. The molecule has 1 fully saturated rings. The first kappa shape index (κ1) is 14.8. The summed E-state index contributed by atoms with van der Waals surface area (Å²) in [5.41, 5.74) is 0. The van der Waals surface area contributed by atoms with Crippen LogP contribution >= 0.6 is 0 Å². The molecule has 2 heterocycles. The zero-order valence-corrected chi connectivity index (χ0v) is 12.6. The van der Waals surface area contributed by atoms with E-state index in [1.165, 1.54) is 19.3 Å². The number of nitrogens with zero attached hydrogens (tertiary/aromatic N) is 3. The molecule has 0 aliphatic carbocycles. The molecular formula is C14H24N4O2. The smallest absolute Gasteiger partial charge is 0.231 e. The predicted molar refractivity (Wildman–Crippen MR) is 78.6 cm³/mol. The third-order valence-electron chi connectivity index (χ3n) is 3.79. The molecule has 6 nitrogen and oxygen atoms in total. The average molecular weight is 280 g/mol. The van der Waals surface area contributed by atoms with E-state index in [1.807, 2.05) is 7.05 Å². The van der Waals surface area contributed by atoms with Gasteiger partial charge in [-0.25, -0.2) is 0 Å². The minimum Gasteiger partial charge on any atom is -0.481 e. The van der Waals surface area contributed by atoms with Gasteiger partial charge in [0.2, 0.25) is 17.7 Å². The molecule has 6 heteroatoms. The number of piperidine rings is 1. The van der Waals surface area contributed by atoms with Crippen molar-refractivity contribution in [3.63, 3.8) is 0 Å². The monoisotopic (exact) mass is 280 g/mol. The Morgan fingerprint density at radius 1 is 1.20 bits per heavy atom. The van der Waals surface area contributed by atoms with Gasteiger partial charge in [-0.1, -0.05) is 0 Å². The van der Waals surface area contributed by atoms with Gasteiger partial charge in [-0.3, -0.25) is 0 Å². The third-order valence-corrected chi connectivity index (χ3v) is 3.79. The number of rotatable bonds is 6. The zero-order valence-electron chi connectivity index (χ0n) is 12.6. The molecule has 1 saturated heterocycles. The summed E-state index contributed by atoms with van der Waals surface area (Å²) in [6.07, 6.45) is 3.61. The Hall–Kier alpha value is -1.56. The van der Waals surface area contributed by atoms with Gasteiger partial charge in [-0.2, -0.15) is 9.97 Å². The fraction of sp³-hybridized carbons (Fsp3) is 0.714. The van der Waals surface area contributed by atoms with E-state index in [9.17, 15) is 0 Å². The molecule has 1 N–H and O–H groups in total. The highest BCUT2D eigenvalue weighted by molar-refractivity contribution is 5.37. The Bertz CT molecular complexity index is 397. The van der Waals surface area contributed by atoms with Crippen LogP contribution in [0.5, 0.6) is 11.8 Å². The number of hydrogen-bond acceptors (Lipinski definition) is 6. The van der Waals surface area contributed by atoms with Crippen LogP contribution in [0.25, 0.3) is 0 Å². The highest BCUT2D eigenvalue weighted by atomic mass is 16.5. The van der Waals surface area contributed by atoms with E-state index in [0.717, 1.165) is 25.6 Å². The van der Waals surface area contributed by atoms with Gasteiger partial charge < -0.3 is 19.7 Å². The number of hydrogen-bond donors (Lipinski definition) is 1. The Morgan fingerprint density at radius 3 is 2.30 bits per heavy atom. The summed E-state index contributed by atoms with van der Waals surface area (Å²) in [6.45, 7) is 3.07. The van der Waals surface area contributed by atoms with E-state index in [4.69, 9.17) is 9.47 Å². The topological polar surface area (TPSA) is 59.5 Å². The lowest BCUT2D eigenvalue weighted by molar-refractivity contribution is 0.360. The number of ether oxygens (including phenoxy) is 2. The molecule has 0 unspecified atom stereocenters. The average Bonchev–Trinajstić information content (AvgIpc) is 2.52. The minimum atomic E-state index is 0.546. The van der Waals surface area contributed by atoms with Crippen LogP contribution in [0, 0.1) is 5.92 Å². The molecule has 1 aromatic heterocycles. The predicted octanol–water partition coefficient (Wildman–Crippen LogP) is 1.32. The van der Waals surface area contributed by atoms with Crippen molar-refractivity contribution in [1.82, 2.24) is 15.3 Å². The van der Waals surface area contributed by atoms with Gasteiger partial charge >= 0.3 is 0 Å². The van der Waals surface area contributed by atoms with Gasteiger partial charge in [0.25, 0.3) is 0 Å². The van der Waals surface area contributed by atoms with E-state index in [1.54, 1.807) is 20.3 Å². The standard InChI is InChI=1S/C14H24N4O2/c1-15-7-4-11-5-8-18(9-6-11)14-16-12(19-2)10-13(17-14)20-3/h10-11,15H,4-9H2,1-3H3. The van der Waals surface area contributed by atoms with Gasteiger partial charge in [0.15, 0.2) is 0 Å². The van der Waals surface area contributed by atoms with Gasteiger partial charge in [0.05, 0.1) is 20.3 Å². The van der Waals surface area contributed by atoms with E-state index < -0.39 is 0 Å². The SMILES string of the molecule is CNCCC1CCN(c2nc(OC)cc(OC)n2)CC1. The van der Waals surface area contributed by atoms with Crippen molar-refractivity contribution >= 4 is 5.95 Å². The Balaban J connectivity index is 1.99. The Kier molecular flexibility index (Phi) is 5.40. The van der Waals surface area contributed by atoms with E-state index in [2.05, 4.69) is 20.2 Å². The highest BCUT2D eigenvalue weighted by Crippen LogP contribution is 2.25. The third kappa shape index (κ3) is 3.72. The van der Waals surface area contributed by atoms with Crippen molar-refractivity contribution < 1.29 is 9.47 Å². The summed E-state index contributed by atoms with van der Waals surface area (Å²) in [5.74, 6) is 2.59. The summed E-state index contributed by atoms with van der Waals surface area (Å²) in [6, 6.07) is 1.70. The fourth-order valence-electron chi connectivity index (χ4n) is 2.51. The second-order valence-corrected chi connectivity index (χ2v) is 5.08. The van der Waals surface area contributed by atoms with Crippen molar-refractivity contribution in [3.05, 3.63) is 6.07 Å². The lowest BCUT2D eigenvalue weighted by Crippen LogP contribution is -2.35. The highest BCUT2D eigenvalue weighted by Gasteiger charge is 2.21. The summed E-state index contributed by atoms with van der Waals surface area (Å²) in [5, 5.41) is 3.22. The largest absolute Gasteiger partial charge is 0.481 e. The number of anilines is 1. The fourth-order valence-corrected chi connectivity index (χ4v) is 2.51. The number of aromatic nitrogens is 2.